The van der Waals surface area contributed by atoms with Crippen molar-refractivity contribution < 1.29 is 5.11 Å². The molecule has 0 atom stereocenters. The normalized spacial score (nSPS) is 11.8. The van der Waals surface area contributed by atoms with Gasteiger partial charge >= 0.3 is 0 Å². The highest BCUT2D eigenvalue weighted by atomic mass is 35.5. The van der Waals surface area contributed by atoms with Gasteiger partial charge in [0.1, 0.15) is 11.6 Å². The zero-order valence-corrected chi connectivity index (χ0v) is 9.52. The number of nitrogens with zero attached hydrogens (tertiary/aromatic N) is 2. The van der Waals surface area contributed by atoms with Crippen molar-refractivity contribution in [1.29, 1.82) is 0 Å². The molecule has 0 bridgehead atoms. The van der Waals surface area contributed by atoms with E-state index in [4.69, 9.17) is 11.6 Å². The summed E-state index contributed by atoms with van der Waals surface area (Å²) in [6.45, 7) is 0. The molecule has 2 aromatic rings. The van der Waals surface area contributed by atoms with Crippen molar-refractivity contribution in [3.05, 3.63) is 53.1 Å². The zero-order valence-electron chi connectivity index (χ0n) is 8.76. The Balaban J connectivity index is 2.32. The first kappa shape index (κ1) is 10.8. The lowest BCUT2D eigenvalue weighted by Gasteiger charge is -2.01. The molecule has 0 fully saturated rings. The third kappa shape index (κ3) is 2.25. The molecule has 4 heteroatoms. The maximum atomic E-state index is 9.87. The Morgan fingerprint density at radius 1 is 1.38 bits per heavy atom. The van der Waals surface area contributed by atoms with E-state index < -0.39 is 0 Å². The number of benzene rings is 1. The molecule has 0 aliphatic rings. The number of rotatable bonds is 2. The molecule has 0 spiro atoms. The van der Waals surface area contributed by atoms with Gasteiger partial charge < -0.3 is 9.67 Å². The summed E-state index contributed by atoms with van der Waals surface area (Å²) in [5.74, 6) is 0.874. The highest BCUT2D eigenvalue weighted by molar-refractivity contribution is 6.30. The maximum absolute atomic E-state index is 9.87. The summed E-state index contributed by atoms with van der Waals surface area (Å²) in [6, 6.07) is 6.99. The zero-order chi connectivity index (χ0) is 11.5. The van der Waals surface area contributed by atoms with Crippen molar-refractivity contribution in [1.82, 2.24) is 9.55 Å². The van der Waals surface area contributed by atoms with E-state index in [-0.39, 0.29) is 5.76 Å². The molecule has 1 aromatic carbocycles. The van der Waals surface area contributed by atoms with Gasteiger partial charge in [0.2, 0.25) is 0 Å². The summed E-state index contributed by atoms with van der Waals surface area (Å²) < 4.78 is 1.83. The van der Waals surface area contributed by atoms with Gasteiger partial charge in [-0.05, 0) is 24.3 Å². The lowest BCUT2D eigenvalue weighted by Crippen LogP contribution is -1.91. The van der Waals surface area contributed by atoms with Gasteiger partial charge in [0.25, 0.3) is 0 Å². The number of halogens is 1. The van der Waals surface area contributed by atoms with E-state index in [9.17, 15) is 5.11 Å². The van der Waals surface area contributed by atoms with Crippen LogP contribution >= 0.6 is 11.6 Å². The summed E-state index contributed by atoms with van der Waals surface area (Å²) in [6.07, 6.45) is 5.12. The lowest BCUT2D eigenvalue weighted by molar-refractivity contribution is 0.515. The second-order valence-electron chi connectivity index (χ2n) is 3.43. The molecule has 1 heterocycles. The molecule has 0 aliphatic carbocycles. The third-order valence-electron chi connectivity index (χ3n) is 2.26. The van der Waals surface area contributed by atoms with Gasteiger partial charge in [0.05, 0.1) is 0 Å². The van der Waals surface area contributed by atoms with Gasteiger partial charge in [0, 0.05) is 36.1 Å². The van der Waals surface area contributed by atoms with Crippen LogP contribution in [-0.4, -0.2) is 14.7 Å². The highest BCUT2D eigenvalue weighted by Crippen LogP contribution is 2.17. The predicted octanol–water partition coefficient (Wildman–Crippen LogP) is 3.13. The van der Waals surface area contributed by atoms with Crippen molar-refractivity contribution in [3.8, 4) is 0 Å². The SMILES string of the molecule is Cn1ccnc1/C=C(\O)c1ccc(Cl)cc1. The van der Waals surface area contributed by atoms with Crippen molar-refractivity contribution in [2.24, 2.45) is 7.05 Å². The van der Waals surface area contributed by atoms with Crippen LogP contribution < -0.4 is 0 Å². The van der Waals surface area contributed by atoms with Gasteiger partial charge in [0.15, 0.2) is 0 Å². The monoisotopic (exact) mass is 234 g/mol. The number of hydrogen-bond acceptors (Lipinski definition) is 2. The van der Waals surface area contributed by atoms with Crippen LogP contribution in [0.2, 0.25) is 5.02 Å². The summed E-state index contributed by atoms with van der Waals surface area (Å²) in [4.78, 5) is 4.10. The first-order valence-electron chi connectivity index (χ1n) is 4.81. The Morgan fingerprint density at radius 2 is 2.06 bits per heavy atom. The molecular formula is C12H11ClN2O. The Morgan fingerprint density at radius 3 is 2.62 bits per heavy atom. The number of aliphatic hydroxyl groups excluding tert-OH is 1. The summed E-state index contributed by atoms with van der Waals surface area (Å²) in [5.41, 5.74) is 0.715. The van der Waals surface area contributed by atoms with Crippen LogP contribution in [-0.2, 0) is 7.05 Å². The van der Waals surface area contributed by atoms with E-state index in [0.717, 1.165) is 0 Å². The number of imidazole rings is 1. The molecule has 0 unspecified atom stereocenters. The fourth-order valence-corrected chi connectivity index (χ4v) is 1.47. The van der Waals surface area contributed by atoms with Crippen LogP contribution in [0, 0.1) is 0 Å². The van der Waals surface area contributed by atoms with Crippen LogP contribution in [0.15, 0.2) is 36.7 Å². The van der Waals surface area contributed by atoms with Gasteiger partial charge in [-0.2, -0.15) is 0 Å². The third-order valence-corrected chi connectivity index (χ3v) is 2.52. The standard InChI is InChI=1S/C12H11ClN2O/c1-15-7-6-14-12(15)8-11(16)9-2-4-10(13)5-3-9/h2-8,16H,1H3/b11-8-. The van der Waals surface area contributed by atoms with Crippen molar-refractivity contribution in [2.45, 2.75) is 0 Å². The summed E-state index contributed by atoms with van der Waals surface area (Å²) in [5, 5.41) is 10.5. The van der Waals surface area contributed by atoms with Gasteiger partial charge in [-0.1, -0.05) is 11.6 Å². The average Bonchev–Trinajstić information content (AvgIpc) is 2.65. The topological polar surface area (TPSA) is 38.0 Å². The second-order valence-corrected chi connectivity index (χ2v) is 3.87. The minimum Gasteiger partial charge on any atom is -0.507 e. The number of aromatic nitrogens is 2. The number of hydrogen-bond donors (Lipinski definition) is 1. The Bertz CT molecular complexity index is 514. The van der Waals surface area contributed by atoms with E-state index in [2.05, 4.69) is 4.98 Å². The highest BCUT2D eigenvalue weighted by Gasteiger charge is 2.01. The number of aryl methyl sites for hydroxylation is 1. The number of aliphatic hydroxyl groups is 1. The predicted molar refractivity (Wildman–Crippen MR) is 65.2 cm³/mol. The molecule has 0 saturated heterocycles. The van der Waals surface area contributed by atoms with Gasteiger partial charge in [-0.3, -0.25) is 0 Å². The minimum atomic E-state index is 0.172. The Labute approximate surface area is 98.6 Å². The van der Waals surface area contributed by atoms with Gasteiger partial charge in [-0.15, -0.1) is 0 Å². The van der Waals surface area contributed by atoms with Crippen molar-refractivity contribution in [3.63, 3.8) is 0 Å². The molecular weight excluding hydrogens is 224 g/mol. The lowest BCUT2D eigenvalue weighted by atomic mass is 10.2. The first-order chi connectivity index (χ1) is 7.66. The smallest absolute Gasteiger partial charge is 0.136 e. The average molecular weight is 235 g/mol. The molecule has 0 saturated carbocycles. The Hall–Kier alpha value is -1.74. The van der Waals surface area contributed by atoms with Crippen molar-refractivity contribution in [2.75, 3.05) is 0 Å². The van der Waals surface area contributed by atoms with E-state index in [0.29, 0.717) is 16.4 Å². The molecule has 1 N–H and O–H groups in total. The van der Waals surface area contributed by atoms with E-state index in [1.807, 2.05) is 17.8 Å². The van der Waals surface area contributed by atoms with Crippen LogP contribution in [0.25, 0.3) is 11.8 Å². The fraction of sp³-hybridized carbons (Fsp3) is 0.0833. The maximum Gasteiger partial charge on any atom is 0.136 e. The van der Waals surface area contributed by atoms with E-state index >= 15 is 0 Å². The van der Waals surface area contributed by atoms with Crippen molar-refractivity contribution >= 4 is 23.4 Å². The molecule has 0 aliphatic heterocycles. The minimum absolute atomic E-state index is 0.172. The molecule has 0 radical (unpaired) electrons. The largest absolute Gasteiger partial charge is 0.507 e. The Kier molecular flexibility index (Phi) is 2.97. The second kappa shape index (κ2) is 4.41. The first-order valence-corrected chi connectivity index (χ1v) is 5.18. The summed E-state index contributed by atoms with van der Waals surface area (Å²) >= 11 is 5.77. The fourth-order valence-electron chi connectivity index (χ4n) is 1.34. The summed E-state index contributed by atoms with van der Waals surface area (Å²) in [7, 11) is 1.87. The van der Waals surface area contributed by atoms with Crippen LogP contribution in [0.4, 0.5) is 0 Å². The van der Waals surface area contributed by atoms with E-state index in [1.165, 1.54) is 0 Å². The molecule has 0 amide bonds. The molecule has 82 valence electrons. The molecule has 16 heavy (non-hydrogen) atoms. The van der Waals surface area contributed by atoms with Gasteiger partial charge in [-0.25, -0.2) is 4.98 Å². The van der Waals surface area contributed by atoms with E-state index in [1.54, 1.807) is 36.5 Å². The van der Waals surface area contributed by atoms with Crippen LogP contribution in [0.3, 0.4) is 0 Å². The molecule has 3 nitrogen and oxygen atoms in total. The van der Waals surface area contributed by atoms with Crippen LogP contribution in [0.5, 0.6) is 0 Å². The molecule has 2 rings (SSSR count). The molecule has 1 aromatic heterocycles. The quantitative estimate of drug-likeness (QED) is 0.811. The van der Waals surface area contributed by atoms with Crippen LogP contribution in [0.1, 0.15) is 11.4 Å².